The van der Waals surface area contributed by atoms with E-state index in [1.54, 1.807) is 12.1 Å². The van der Waals surface area contributed by atoms with Crippen LogP contribution in [0.4, 0.5) is 10.5 Å². The van der Waals surface area contributed by atoms with Crippen molar-refractivity contribution in [2.24, 2.45) is 0 Å². The molecule has 2 rings (SSSR count). The van der Waals surface area contributed by atoms with Gasteiger partial charge in [0, 0.05) is 12.5 Å². The maximum atomic E-state index is 10.9. The highest BCUT2D eigenvalue weighted by Gasteiger charge is 2.31. The Morgan fingerprint density at radius 1 is 1.50 bits per heavy atom. The van der Waals surface area contributed by atoms with Crippen molar-refractivity contribution in [1.82, 2.24) is 0 Å². The SMILES string of the molecule is O=C(O)N1CC(CO)c2ccccc21. The predicted octanol–water partition coefficient (Wildman–Crippen LogP) is 1.26. The minimum absolute atomic E-state index is 0.0131. The van der Waals surface area contributed by atoms with Crippen LogP contribution in [0.2, 0.25) is 0 Å². The molecule has 1 aliphatic heterocycles. The molecule has 1 aliphatic rings. The molecule has 14 heavy (non-hydrogen) atoms. The molecule has 0 aromatic heterocycles. The first kappa shape index (κ1) is 9.02. The second-order valence-electron chi connectivity index (χ2n) is 3.33. The third-order valence-electron chi connectivity index (χ3n) is 2.52. The lowest BCUT2D eigenvalue weighted by atomic mass is 10.0. The van der Waals surface area contributed by atoms with E-state index in [0.717, 1.165) is 5.56 Å². The predicted molar refractivity (Wildman–Crippen MR) is 51.6 cm³/mol. The van der Waals surface area contributed by atoms with Gasteiger partial charge in [0.1, 0.15) is 0 Å². The van der Waals surface area contributed by atoms with Crippen molar-refractivity contribution >= 4 is 11.8 Å². The van der Waals surface area contributed by atoms with Crippen molar-refractivity contribution in [2.75, 3.05) is 18.1 Å². The first-order valence-electron chi connectivity index (χ1n) is 4.44. The molecular weight excluding hydrogens is 182 g/mol. The summed E-state index contributed by atoms with van der Waals surface area (Å²) in [5.74, 6) is -0.0812. The second kappa shape index (κ2) is 3.31. The molecule has 0 saturated heterocycles. The van der Waals surface area contributed by atoms with E-state index >= 15 is 0 Å². The summed E-state index contributed by atoms with van der Waals surface area (Å²) in [7, 11) is 0. The zero-order valence-electron chi connectivity index (χ0n) is 7.55. The standard InChI is InChI=1S/C10H11NO3/c12-6-7-5-11(10(13)14)9-4-2-1-3-8(7)9/h1-4,7,12H,5-6H2,(H,13,14). The number of amides is 1. The van der Waals surface area contributed by atoms with Gasteiger partial charge >= 0.3 is 6.09 Å². The summed E-state index contributed by atoms with van der Waals surface area (Å²) in [6, 6.07) is 7.28. The lowest BCUT2D eigenvalue weighted by Crippen LogP contribution is -2.28. The van der Waals surface area contributed by atoms with Gasteiger partial charge in [-0.15, -0.1) is 0 Å². The molecule has 0 radical (unpaired) electrons. The second-order valence-corrected chi connectivity index (χ2v) is 3.33. The molecule has 1 aromatic rings. The number of nitrogens with zero attached hydrogens (tertiary/aromatic N) is 1. The summed E-state index contributed by atoms with van der Waals surface area (Å²) >= 11 is 0. The van der Waals surface area contributed by atoms with E-state index in [9.17, 15) is 4.79 Å². The summed E-state index contributed by atoms with van der Waals surface area (Å²) in [4.78, 5) is 12.1. The smallest absolute Gasteiger partial charge is 0.411 e. The van der Waals surface area contributed by atoms with Crippen LogP contribution in [0.3, 0.4) is 0 Å². The molecule has 4 nitrogen and oxygen atoms in total. The first-order valence-corrected chi connectivity index (χ1v) is 4.44. The molecule has 74 valence electrons. The molecule has 0 aliphatic carbocycles. The van der Waals surface area contributed by atoms with E-state index in [1.165, 1.54) is 4.90 Å². The minimum Gasteiger partial charge on any atom is -0.465 e. The van der Waals surface area contributed by atoms with Crippen LogP contribution in [0.5, 0.6) is 0 Å². The summed E-state index contributed by atoms with van der Waals surface area (Å²) in [6.45, 7) is 0.339. The Kier molecular flexibility index (Phi) is 2.13. The Morgan fingerprint density at radius 2 is 2.21 bits per heavy atom. The van der Waals surface area contributed by atoms with Crippen LogP contribution in [0.15, 0.2) is 24.3 Å². The van der Waals surface area contributed by atoms with Crippen LogP contribution >= 0.6 is 0 Å². The van der Waals surface area contributed by atoms with E-state index in [-0.39, 0.29) is 12.5 Å². The van der Waals surface area contributed by atoms with Crippen molar-refractivity contribution < 1.29 is 15.0 Å². The fourth-order valence-corrected chi connectivity index (χ4v) is 1.83. The van der Waals surface area contributed by atoms with Gasteiger partial charge in [-0.2, -0.15) is 0 Å². The monoisotopic (exact) mass is 193 g/mol. The lowest BCUT2D eigenvalue weighted by molar-refractivity contribution is 0.201. The molecule has 1 amide bonds. The molecule has 1 aromatic carbocycles. The fraction of sp³-hybridized carbons (Fsp3) is 0.300. The Morgan fingerprint density at radius 3 is 2.86 bits per heavy atom. The molecule has 0 bridgehead atoms. The number of benzene rings is 1. The number of anilines is 1. The summed E-state index contributed by atoms with van der Waals surface area (Å²) in [5.41, 5.74) is 1.61. The summed E-state index contributed by atoms with van der Waals surface area (Å²) in [5, 5.41) is 18.0. The van der Waals surface area contributed by atoms with Crippen molar-refractivity contribution in [1.29, 1.82) is 0 Å². The lowest BCUT2D eigenvalue weighted by Gasteiger charge is -2.12. The molecular formula is C10H11NO3. The van der Waals surface area contributed by atoms with Gasteiger partial charge in [-0.3, -0.25) is 4.90 Å². The Bertz CT molecular complexity index is 364. The Balaban J connectivity index is 2.43. The number of carbonyl (C=O) groups is 1. The topological polar surface area (TPSA) is 60.8 Å². The number of aliphatic hydroxyl groups is 1. The van der Waals surface area contributed by atoms with Gasteiger partial charge in [0.05, 0.1) is 12.3 Å². The van der Waals surface area contributed by atoms with E-state index in [2.05, 4.69) is 0 Å². The molecule has 0 fully saturated rings. The number of hydrogen-bond acceptors (Lipinski definition) is 2. The number of para-hydroxylation sites is 1. The molecule has 0 saturated carbocycles. The molecule has 0 spiro atoms. The first-order chi connectivity index (χ1) is 6.74. The van der Waals surface area contributed by atoms with E-state index < -0.39 is 6.09 Å². The van der Waals surface area contributed by atoms with Crippen LogP contribution in [-0.4, -0.2) is 29.5 Å². The van der Waals surface area contributed by atoms with Crippen LogP contribution in [0.25, 0.3) is 0 Å². The third-order valence-corrected chi connectivity index (χ3v) is 2.52. The molecule has 1 unspecified atom stereocenters. The molecule has 2 N–H and O–H groups in total. The van der Waals surface area contributed by atoms with Crippen LogP contribution < -0.4 is 4.90 Å². The van der Waals surface area contributed by atoms with Gasteiger partial charge in [0.15, 0.2) is 0 Å². The number of aliphatic hydroxyl groups excluding tert-OH is 1. The third kappa shape index (κ3) is 1.24. The Labute approximate surface area is 81.4 Å². The van der Waals surface area contributed by atoms with Crippen molar-refractivity contribution in [3.8, 4) is 0 Å². The molecule has 1 heterocycles. The minimum atomic E-state index is -0.964. The van der Waals surface area contributed by atoms with E-state index in [4.69, 9.17) is 10.2 Å². The largest absolute Gasteiger partial charge is 0.465 e. The van der Waals surface area contributed by atoms with E-state index in [1.807, 2.05) is 12.1 Å². The van der Waals surface area contributed by atoms with Gasteiger partial charge in [0.2, 0.25) is 0 Å². The van der Waals surface area contributed by atoms with Gasteiger partial charge in [-0.25, -0.2) is 4.79 Å². The highest BCUT2D eigenvalue weighted by molar-refractivity contribution is 5.89. The average Bonchev–Trinajstić information content (AvgIpc) is 2.56. The Hall–Kier alpha value is -1.55. The maximum absolute atomic E-state index is 10.9. The van der Waals surface area contributed by atoms with Crippen molar-refractivity contribution in [3.05, 3.63) is 29.8 Å². The van der Waals surface area contributed by atoms with Gasteiger partial charge in [-0.1, -0.05) is 18.2 Å². The van der Waals surface area contributed by atoms with Crippen molar-refractivity contribution in [2.45, 2.75) is 5.92 Å². The van der Waals surface area contributed by atoms with Gasteiger partial charge < -0.3 is 10.2 Å². The summed E-state index contributed by atoms with van der Waals surface area (Å²) in [6.07, 6.45) is -0.964. The highest BCUT2D eigenvalue weighted by atomic mass is 16.4. The average molecular weight is 193 g/mol. The van der Waals surface area contributed by atoms with Crippen LogP contribution in [0.1, 0.15) is 11.5 Å². The molecule has 4 heteroatoms. The van der Waals surface area contributed by atoms with E-state index in [0.29, 0.717) is 12.2 Å². The zero-order valence-corrected chi connectivity index (χ0v) is 7.55. The maximum Gasteiger partial charge on any atom is 0.411 e. The number of hydrogen-bond donors (Lipinski definition) is 2. The van der Waals surface area contributed by atoms with Gasteiger partial charge in [0.25, 0.3) is 0 Å². The van der Waals surface area contributed by atoms with Crippen LogP contribution in [0, 0.1) is 0 Å². The zero-order chi connectivity index (χ0) is 10.1. The van der Waals surface area contributed by atoms with Crippen molar-refractivity contribution in [3.63, 3.8) is 0 Å². The number of rotatable bonds is 1. The normalized spacial score (nSPS) is 19.5. The summed E-state index contributed by atoms with van der Waals surface area (Å²) < 4.78 is 0. The van der Waals surface area contributed by atoms with Gasteiger partial charge in [-0.05, 0) is 11.6 Å². The highest BCUT2D eigenvalue weighted by Crippen LogP contribution is 2.35. The quantitative estimate of drug-likeness (QED) is 0.705. The molecule has 1 atom stereocenters. The fourth-order valence-electron chi connectivity index (χ4n) is 1.83. The number of fused-ring (bicyclic) bond motifs is 1. The number of carboxylic acid groups (broad SMARTS) is 1. The van der Waals surface area contributed by atoms with Crippen LogP contribution in [-0.2, 0) is 0 Å².